The third-order valence-electron chi connectivity index (χ3n) is 3.55. The van der Waals surface area contributed by atoms with Gasteiger partial charge in [0.05, 0.1) is 17.9 Å². The molecule has 0 unspecified atom stereocenters. The number of amides is 1. The smallest absolute Gasteiger partial charge is 0.271 e. The monoisotopic (exact) mass is 267 g/mol. The fourth-order valence-corrected chi connectivity index (χ4v) is 2.29. The minimum atomic E-state index is -0.154. The molecule has 102 valence electrons. The summed E-state index contributed by atoms with van der Waals surface area (Å²) in [5.74, 6) is 0.387. The van der Waals surface area contributed by atoms with Crippen molar-refractivity contribution in [3.05, 3.63) is 59.7 Å². The van der Waals surface area contributed by atoms with Crippen LogP contribution in [0.25, 0.3) is 0 Å². The Hall–Kier alpha value is -2.23. The molecule has 1 atom stereocenters. The Bertz CT molecular complexity index is 591. The van der Waals surface area contributed by atoms with E-state index in [1.54, 1.807) is 6.20 Å². The summed E-state index contributed by atoms with van der Waals surface area (Å²) in [5.41, 5.74) is 2.34. The molecule has 1 N–H and O–H groups in total. The van der Waals surface area contributed by atoms with Crippen LogP contribution in [-0.4, -0.2) is 15.9 Å². The minimum Gasteiger partial charge on any atom is -0.344 e. The maximum atomic E-state index is 12.3. The summed E-state index contributed by atoms with van der Waals surface area (Å²) in [5, 5.41) is 3.09. The fraction of sp³-hybridized carbons (Fsp3) is 0.312. The van der Waals surface area contributed by atoms with Crippen molar-refractivity contribution in [3.8, 4) is 0 Å². The van der Waals surface area contributed by atoms with Crippen molar-refractivity contribution in [2.45, 2.75) is 25.8 Å². The van der Waals surface area contributed by atoms with Crippen LogP contribution in [0.2, 0.25) is 0 Å². The van der Waals surface area contributed by atoms with Crippen molar-refractivity contribution >= 4 is 5.91 Å². The second-order valence-electron chi connectivity index (χ2n) is 5.24. The molecular formula is C16H17N3O. The van der Waals surface area contributed by atoms with E-state index in [1.165, 1.54) is 19.0 Å². The highest BCUT2D eigenvalue weighted by Crippen LogP contribution is 2.40. The summed E-state index contributed by atoms with van der Waals surface area (Å²) < 4.78 is 0. The van der Waals surface area contributed by atoms with Gasteiger partial charge in [-0.25, -0.2) is 4.98 Å². The molecule has 1 aliphatic carbocycles. The quantitative estimate of drug-likeness (QED) is 0.926. The van der Waals surface area contributed by atoms with Gasteiger partial charge in [-0.05, 0) is 31.2 Å². The first-order valence-corrected chi connectivity index (χ1v) is 6.88. The number of benzene rings is 1. The summed E-state index contributed by atoms with van der Waals surface area (Å²) in [6.45, 7) is 1.85. The van der Waals surface area contributed by atoms with Crippen LogP contribution in [0.5, 0.6) is 0 Å². The van der Waals surface area contributed by atoms with E-state index in [4.69, 9.17) is 0 Å². The molecule has 1 aliphatic rings. The molecule has 20 heavy (non-hydrogen) atoms. The number of carbonyl (C=O) groups excluding carboxylic acids is 1. The van der Waals surface area contributed by atoms with Crippen molar-refractivity contribution in [2.75, 3.05) is 0 Å². The molecule has 3 rings (SSSR count). The summed E-state index contributed by atoms with van der Waals surface area (Å²) in [6.07, 6.45) is 5.47. The fourth-order valence-electron chi connectivity index (χ4n) is 2.29. The second-order valence-corrected chi connectivity index (χ2v) is 5.24. The van der Waals surface area contributed by atoms with Crippen LogP contribution in [0.1, 0.15) is 40.6 Å². The number of aryl methyl sites for hydroxylation is 1. The van der Waals surface area contributed by atoms with Crippen molar-refractivity contribution in [1.82, 2.24) is 15.3 Å². The lowest BCUT2D eigenvalue weighted by Crippen LogP contribution is -2.30. The third-order valence-corrected chi connectivity index (χ3v) is 3.55. The first-order valence-electron chi connectivity index (χ1n) is 6.88. The van der Waals surface area contributed by atoms with Gasteiger partial charge < -0.3 is 5.32 Å². The third kappa shape index (κ3) is 2.85. The van der Waals surface area contributed by atoms with Gasteiger partial charge in [-0.3, -0.25) is 9.78 Å². The van der Waals surface area contributed by atoms with Crippen LogP contribution in [-0.2, 0) is 0 Å². The van der Waals surface area contributed by atoms with Crippen molar-refractivity contribution in [1.29, 1.82) is 0 Å². The molecular weight excluding hydrogens is 250 g/mol. The standard InChI is InChI=1S/C16H17N3O/c1-11-9-18-14(10-17-11)16(20)19-15(13-7-8-13)12-5-3-2-4-6-12/h2-6,9-10,13,15H,7-8H2,1H3,(H,19,20)/t15-/m0/s1. The normalized spacial score (nSPS) is 15.7. The van der Waals surface area contributed by atoms with Gasteiger partial charge in [-0.15, -0.1) is 0 Å². The van der Waals surface area contributed by atoms with Crippen LogP contribution >= 0.6 is 0 Å². The van der Waals surface area contributed by atoms with Gasteiger partial charge in [0.2, 0.25) is 0 Å². The average Bonchev–Trinajstić information content (AvgIpc) is 3.31. The highest BCUT2D eigenvalue weighted by Gasteiger charge is 2.33. The summed E-state index contributed by atoms with van der Waals surface area (Å²) in [4.78, 5) is 20.5. The van der Waals surface area contributed by atoms with Gasteiger partial charge in [0.25, 0.3) is 5.91 Å². The Morgan fingerprint density at radius 1 is 1.20 bits per heavy atom. The molecule has 1 fully saturated rings. The Morgan fingerprint density at radius 2 is 1.95 bits per heavy atom. The number of nitrogens with one attached hydrogen (secondary N) is 1. The van der Waals surface area contributed by atoms with E-state index in [-0.39, 0.29) is 11.9 Å². The zero-order valence-electron chi connectivity index (χ0n) is 11.4. The Balaban J connectivity index is 1.77. The van der Waals surface area contributed by atoms with Gasteiger partial charge in [-0.1, -0.05) is 30.3 Å². The summed E-state index contributed by atoms with van der Waals surface area (Å²) in [6, 6.07) is 10.2. The predicted molar refractivity (Wildman–Crippen MR) is 76.1 cm³/mol. The first kappa shape index (κ1) is 12.8. The topological polar surface area (TPSA) is 54.9 Å². The van der Waals surface area contributed by atoms with E-state index in [0.29, 0.717) is 11.6 Å². The van der Waals surface area contributed by atoms with Crippen molar-refractivity contribution < 1.29 is 4.79 Å². The van der Waals surface area contributed by atoms with Gasteiger partial charge in [-0.2, -0.15) is 0 Å². The van der Waals surface area contributed by atoms with Crippen LogP contribution in [0.15, 0.2) is 42.7 Å². The molecule has 4 heteroatoms. The zero-order chi connectivity index (χ0) is 13.9. The highest BCUT2D eigenvalue weighted by atomic mass is 16.1. The maximum absolute atomic E-state index is 12.3. The van der Waals surface area contributed by atoms with Crippen LogP contribution < -0.4 is 5.32 Å². The summed E-state index contributed by atoms with van der Waals surface area (Å²) in [7, 11) is 0. The highest BCUT2D eigenvalue weighted by molar-refractivity contribution is 5.92. The lowest BCUT2D eigenvalue weighted by atomic mass is 10.0. The van der Waals surface area contributed by atoms with Gasteiger partial charge in [0, 0.05) is 6.20 Å². The van der Waals surface area contributed by atoms with E-state index in [1.807, 2.05) is 25.1 Å². The van der Waals surface area contributed by atoms with Crippen molar-refractivity contribution in [3.63, 3.8) is 0 Å². The van der Waals surface area contributed by atoms with Crippen LogP contribution in [0.3, 0.4) is 0 Å². The largest absolute Gasteiger partial charge is 0.344 e. The van der Waals surface area contributed by atoms with Crippen molar-refractivity contribution in [2.24, 2.45) is 5.92 Å². The van der Waals surface area contributed by atoms with E-state index >= 15 is 0 Å². The Kier molecular flexibility index (Phi) is 3.46. The number of carbonyl (C=O) groups is 1. The molecule has 1 aromatic heterocycles. The van der Waals surface area contributed by atoms with Gasteiger partial charge >= 0.3 is 0 Å². The minimum absolute atomic E-state index is 0.0757. The molecule has 0 spiro atoms. The number of rotatable bonds is 4. The first-order chi connectivity index (χ1) is 9.74. The molecule has 1 aromatic carbocycles. The van der Waals surface area contributed by atoms with Crippen LogP contribution in [0.4, 0.5) is 0 Å². The number of hydrogen-bond donors (Lipinski definition) is 1. The number of hydrogen-bond acceptors (Lipinski definition) is 3. The number of aromatic nitrogens is 2. The molecule has 0 radical (unpaired) electrons. The molecule has 1 heterocycles. The number of nitrogens with zero attached hydrogens (tertiary/aromatic N) is 2. The second kappa shape index (κ2) is 5.41. The SMILES string of the molecule is Cc1cnc(C(=O)N[C@@H](c2ccccc2)C2CC2)cn1. The molecule has 2 aromatic rings. The molecule has 0 saturated heterocycles. The average molecular weight is 267 g/mol. The van der Waals surface area contributed by atoms with Gasteiger partial charge in [0.15, 0.2) is 0 Å². The Morgan fingerprint density at radius 3 is 2.55 bits per heavy atom. The van der Waals surface area contributed by atoms with E-state index in [2.05, 4.69) is 27.4 Å². The zero-order valence-corrected chi connectivity index (χ0v) is 11.4. The predicted octanol–water partition coefficient (Wildman–Crippen LogP) is 2.67. The molecule has 0 aliphatic heterocycles. The van der Waals surface area contributed by atoms with Gasteiger partial charge in [0.1, 0.15) is 5.69 Å². The van der Waals surface area contributed by atoms with E-state index < -0.39 is 0 Å². The molecule has 0 bridgehead atoms. The maximum Gasteiger partial charge on any atom is 0.271 e. The lowest BCUT2D eigenvalue weighted by molar-refractivity contribution is 0.0926. The molecule has 1 saturated carbocycles. The van der Waals surface area contributed by atoms with E-state index in [9.17, 15) is 4.79 Å². The Labute approximate surface area is 118 Å². The van der Waals surface area contributed by atoms with Crippen LogP contribution in [0, 0.1) is 12.8 Å². The lowest BCUT2D eigenvalue weighted by Gasteiger charge is -2.18. The molecule has 1 amide bonds. The summed E-state index contributed by atoms with van der Waals surface area (Å²) >= 11 is 0. The van der Waals surface area contributed by atoms with E-state index in [0.717, 1.165) is 11.3 Å². The molecule has 4 nitrogen and oxygen atoms in total.